The Morgan fingerprint density at radius 3 is 1.63 bits per heavy atom. The van der Waals surface area contributed by atoms with Crippen LogP contribution in [0.4, 0.5) is 0 Å². The third kappa shape index (κ3) is 17.1. The molecule has 17 nitrogen and oxygen atoms in total. The standard InChI is InChI=1S/C39H59N9O8S/c1-22(2)31(48-37(54)32(23(3)4)47-33(50)27(40)17-19-57-5)36(53)46-30(21-25-13-15-26(49)16-14-25)35(52)45-29(20-24-10-7-6-8-11-24)34(51)44-28(38(55)56)12-9-18-43-39(41)42/h6-8,10-11,13-16,22-23,27-32,49H,9,12,17-21,40H2,1-5H3,(H,44,51)(H,45,52)(H,46,53)(H,47,50)(H,48,54)(H,55,56)(H4,41,42,43)/t27-,28-,29-,30-,31-,32-/m1/s1. The first-order valence-electron chi connectivity index (χ1n) is 18.8. The molecule has 18 heteroatoms. The van der Waals surface area contributed by atoms with Crippen LogP contribution in [-0.4, -0.2) is 106 Å². The van der Waals surface area contributed by atoms with Crippen LogP contribution in [0.3, 0.4) is 0 Å². The highest BCUT2D eigenvalue weighted by atomic mass is 32.2. The minimum atomic E-state index is -1.32. The molecule has 314 valence electrons. The molecule has 0 saturated carbocycles. The number of carboxylic acid groups (broad SMARTS) is 1. The number of nitrogens with two attached hydrogens (primary N) is 3. The fourth-order valence-corrected chi connectivity index (χ4v) is 6.14. The van der Waals surface area contributed by atoms with E-state index in [9.17, 15) is 39.0 Å². The van der Waals surface area contributed by atoms with Crippen LogP contribution in [0.15, 0.2) is 59.6 Å². The molecule has 57 heavy (non-hydrogen) atoms. The number of carboxylic acids is 1. The summed E-state index contributed by atoms with van der Waals surface area (Å²) in [6.45, 7) is 7.04. The number of nitrogens with zero attached hydrogens (tertiary/aromatic N) is 1. The van der Waals surface area contributed by atoms with Gasteiger partial charge in [0.2, 0.25) is 29.5 Å². The summed E-state index contributed by atoms with van der Waals surface area (Å²) in [6, 6.07) is 7.82. The molecular weight excluding hydrogens is 755 g/mol. The number of phenolic OH excluding ortho intramolecular Hbond substituents is 1. The molecule has 0 radical (unpaired) electrons. The number of phenols is 1. The van der Waals surface area contributed by atoms with Crippen LogP contribution in [0.5, 0.6) is 5.75 Å². The maximum absolute atomic E-state index is 14.2. The molecular formula is C39H59N9O8S. The first-order valence-corrected chi connectivity index (χ1v) is 20.2. The summed E-state index contributed by atoms with van der Waals surface area (Å²) in [4.78, 5) is 84.3. The molecule has 0 saturated heterocycles. The highest BCUT2D eigenvalue weighted by Crippen LogP contribution is 2.14. The minimum absolute atomic E-state index is 0.00211. The molecule has 2 aromatic rings. The molecule has 0 aromatic heterocycles. The van der Waals surface area contributed by atoms with E-state index in [1.807, 2.05) is 6.26 Å². The Labute approximate surface area is 338 Å². The van der Waals surface area contributed by atoms with Gasteiger partial charge in [0.25, 0.3) is 0 Å². The molecule has 0 aliphatic rings. The molecule has 0 fully saturated rings. The largest absolute Gasteiger partial charge is 0.508 e. The van der Waals surface area contributed by atoms with Crippen LogP contribution in [0.1, 0.15) is 58.1 Å². The van der Waals surface area contributed by atoms with Gasteiger partial charge in [-0.25, -0.2) is 4.79 Å². The number of amides is 5. The van der Waals surface area contributed by atoms with E-state index in [1.165, 1.54) is 23.9 Å². The Morgan fingerprint density at radius 2 is 1.14 bits per heavy atom. The van der Waals surface area contributed by atoms with E-state index in [-0.39, 0.29) is 49.9 Å². The summed E-state index contributed by atoms with van der Waals surface area (Å²) in [5, 5.41) is 33.1. The molecule has 6 atom stereocenters. The quantitative estimate of drug-likeness (QED) is 0.0385. The van der Waals surface area contributed by atoms with Gasteiger partial charge in [-0.05, 0) is 66.4 Å². The molecule has 2 aromatic carbocycles. The van der Waals surface area contributed by atoms with Crippen molar-refractivity contribution in [2.45, 2.75) is 96.1 Å². The number of hydrogen-bond donors (Lipinski definition) is 10. The molecule has 0 bridgehead atoms. The zero-order valence-electron chi connectivity index (χ0n) is 33.2. The Balaban J connectivity index is 2.40. The van der Waals surface area contributed by atoms with Crippen molar-refractivity contribution < 1.29 is 39.0 Å². The second kappa shape index (κ2) is 24.3. The molecule has 0 aliphatic carbocycles. The maximum atomic E-state index is 14.2. The molecule has 0 unspecified atom stereocenters. The number of thioether (sulfide) groups is 1. The summed E-state index contributed by atoms with van der Waals surface area (Å²) in [5.41, 5.74) is 18.0. The summed E-state index contributed by atoms with van der Waals surface area (Å²) in [7, 11) is 0. The van der Waals surface area contributed by atoms with Gasteiger partial charge in [-0.3, -0.25) is 29.0 Å². The Kier molecular flexibility index (Phi) is 20.4. The van der Waals surface area contributed by atoms with Gasteiger partial charge >= 0.3 is 5.97 Å². The number of aromatic hydroxyl groups is 1. The van der Waals surface area contributed by atoms with Gasteiger partial charge in [0.1, 0.15) is 36.0 Å². The number of nitrogens with one attached hydrogen (secondary N) is 5. The lowest BCUT2D eigenvalue weighted by Gasteiger charge is -2.29. The summed E-state index contributed by atoms with van der Waals surface area (Å²) < 4.78 is 0. The summed E-state index contributed by atoms with van der Waals surface area (Å²) >= 11 is 1.54. The van der Waals surface area contributed by atoms with E-state index in [0.717, 1.165) is 0 Å². The summed E-state index contributed by atoms with van der Waals surface area (Å²) in [5.74, 6) is -5.03. The number of carbonyl (C=O) groups excluding carboxylic acids is 5. The number of guanidine groups is 1. The Morgan fingerprint density at radius 1 is 0.667 bits per heavy atom. The second-order valence-corrected chi connectivity index (χ2v) is 15.4. The average Bonchev–Trinajstić information content (AvgIpc) is 3.15. The number of aliphatic imine (C=N–C) groups is 1. The average molecular weight is 814 g/mol. The van der Waals surface area contributed by atoms with Crippen molar-refractivity contribution in [2.24, 2.45) is 34.0 Å². The van der Waals surface area contributed by atoms with Crippen LogP contribution >= 0.6 is 11.8 Å². The van der Waals surface area contributed by atoms with E-state index in [0.29, 0.717) is 23.3 Å². The smallest absolute Gasteiger partial charge is 0.326 e. The SMILES string of the molecule is CSCC[C@@H](N)C(=O)N[C@@H](C(=O)N[C@@H](C(=O)N[C@H](Cc1ccc(O)cc1)C(=O)N[C@H](Cc1ccccc1)C(=O)N[C@H](CCCN=C(N)N)C(=O)O)C(C)C)C(C)C. The van der Waals surface area contributed by atoms with Gasteiger partial charge < -0.3 is 54.0 Å². The number of benzene rings is 2. The number of rotatable bonds is 24. The monoisotopic (exact) mass is 813 g/mol. The van der Waals surface area contributed by atoms with Gasteiger partial charge in [-0.15, -0.1) is 0 Å². The molecule has 0 spiro atoms. The lowest BCUT2D eigenvalue weighted by Crippen LogP contribution is -2.61. The fraction of sp³-hybridized carbons (Fsp3) is 0.513. The summed E-state index contributed by atoms with van der Waals surface area (Å²) in [6.07, 6.45) is 2.44. The van der Waals surface area contributed by atoms with Crippen LogP contribution in [-0.2, 0) is 41.6 Å². The van der Waals surface area contributed by atoms with Crippen molar-refractivity contribution in [1.82, 2.24) is 26.6 Å². The van der Waals surface area contributed by atoms with Crippen molar-refractivity contribution >= 4 is 53.2 Å². The van der Waals surface area contributed by atoms with Crippen molar-refractivity contribution in [1.29, 1.82) is 0 Å². The number of aliphatic carboxylic acids is 1. The number of hydrogen-bond acceptors (Lipinski definition) is 10. The van der Waals surface area contributed by atoms with E-state index in [1.54, 1.807) is 70.2 Å². The van der Waals surface area contributed by atoms with E-state index < -0.39 is 77.7 Å². The zero-order chi connectivity index (χ0) is 42.7. The van der Waals surface area contributed by atoms with Gasteiger partial charge in [0.15, 0.2) is 5.96 Å². The van der Waals surface area contributed by atoms with Crippen molar-refractivity contribution in [3.05, 3.63) is 65.7 Å². The van der Waals surface area contributed by atoms with Crippen molar-refractivity contribution in [2.75, 3.05) is 18.6 Å². The maximum Gasteiger partial charge on any atom is 0.326 e. The second-order valence-electron chi connectivity index (χ2n) is 14.4. The molecule has 5 amide bonds. The topological polar surface area (TPSA) is 293 Å². The van der Waals surface area contributed by atoms with Gasteiger partial charge in [0, 0.05) is 19.4 Å². The van der Waals surface area contributed by atoms with E-state index >= 15 is 0 Å². The molecule has 0 heterocycles. The predicted molar refractivity (Wildman–Crippen MR) is 220 cm³/mol. The van der Waals surface area contributed by atoms with Gasteiger partial charge in [-0.2, -0.15) is 11.8 Å². The first kappa shape index (κ1) is 47.8. The highest BCUT2D eigenvalue weighted by molar-refractivity contribution is 7.98. The lowest BCUT2D eigenvalue weighted by atomic mass is 9.98. The normalized spacial score (nSPS) is 14.2. The fourth-order valence-electron chi connectivity index (χ4n) is 5.65. The lowest BCUT2D eigenvalue weighted by molar-refractivity contribution is -0.142. The van der Waals surface area contributed by atoms with Crippen molar-refractivity contribution in [3.8, 4) is 5.75 Å². The van der Waals surface area contributed by atoms with E-state index in [2.05, 4.69) is 31.6 Å². The van der Waals surface area contributed by atoms with Gasteiger partial charge in [0.05, 0.1) is 6.04 Å². The highest BCUT2D eigenvalue weighted by Gasteiger charge is 2.35. The third-order valence-electron chi connectivity index (χ3n) is 8.95. The van der Waals surface area contributed by atoms with E-state index in [4.69, 9.17) is 17.2 Å². The van der Waals surface area contributed by atoms with Crippen LogP contribution < -0.4 is 43.8 Å². The number of carbonyl (C=O) groups is 6. The predicted octanol–water partition coefficient (Wildman–Crippen LogP) is 0.132. The van der Waals surface area contributed by atoms with Crippen LogP contribution in [0.25, 0.3) is 0 Å². The van der Waals surface area contributed by atoms with Crippen molar-refractivity contribution in [3.63, 3.8) is 0 Å². The minimum Gasteiger partial charge on any atom is -0.508 e. The van der Waals surface area contributed by atoms with Crippen LogP contribution in [0, 0.1) is 11.8 Å². The first-order chi connectivity index (χ1) is 26.9. The Bertz CT molecular complexity index is 1660. The van der Waals surface area contributed by atoms with Crippen LogP contribution in [0.2, 0.25) is 0 Å². The zero-order valence-corrected chi connectivity index (χ0v) is 34.0. The Hall–Kier alpha value is -5.36. The molecule has 0 aliphatic heterocycles. The van der Waals surface area contributed by atoms with Gasteiger partial charge in [-0.1, -0.05) is 70.2 Å². The molecule has 13 N–H and O–H groups in total. The molecule has 2 rings (SSSR count). The third-order valence-corrected chi connectivity index (χ3v) is 9.59.